The van der Waals surface area contributed by atoms with E-state index in [2.05, 4.69) is 5.32 Å². The molecule has 0 heterocycles. The van der Waals surface area contributed by atoms with Gasteiger partial charge in [-0.05, 0) is 37.0 Å². The maximum Gasteiger partial charge on any atom is 0.251 e. The van der Waals surface area contributed by atoms with Gasteiger partial charge in [-0.15, -0.1) is 0 Å². The van der Waals surface area contributed by atoms with Crippen molar-refractivity contribution in [3.05, 3.63) is 29.8 Å². The molecule has 0 saturated heterocycles. The summed E-state index contributed by atoms with van der Waals surface area (Å²) in [5.74, 6) is 0.348. The van der Waals surface area contributed by atoms with Gasteiger partial charge in [0.05, 0.1) is 4.90 Å². The Balaban J connectivity index is 2.08. The van der Waals surface area contributed by atoms with Crippen molar-refractivity contribution in [1.82, 2.24) is 9.62 Å². The second-order valence-corrected chi connectivity index (χ2v) is 7.83. The molecule has 0 unspecified atom stereocenters. The predicted octanol–water partition coefficient (Wildman–Crippen LogP) is 1.86. The molecule has 1 saturated carbocycles. The van der Waals surface area contributed by atoms with E-state index in [0.29, 0.717) is 18.0 Å². The minimum Gasteiger partial charge on any atom is -0.352 e. The van der Waals surface area contributed by atoms with E-state index >= 15 is 0 Å². The Labute approximate surface area is 126 Å². The van der Waals surface area contributed by atoms with Crippen LogP contribution in [0.5, 0.6) is 0 Å². The fraction of sp³-hybridized carbons (Fsp3) is 0.533. The molecule has 0 spiro atoms. The Morgan fingerprint density at radius 3 is 2.57 bits per heavy atom. The molecule has 116 valence electrons. The zero-order chi connectivity index (χ0) is 15.5. The topological polar surface area (TPSA) is 66.5 Å². The van der Waals surface area contributed by atoms with Crippen LogP contribution < -0.4 is 5.32 Å². The van der Waals surface area contributed by atoms with Crippen LogP contribution in [0.1, 0.15) is 36.0 Å². The summed E-state index contributed by atoms with van der Waals surface area (Å²) in [5.41, 5.74) is 0.385. The first kappa shape index (κ1) is 16.0. The number of benzene rings is 1. The van der Waals surface area contributed by atoms with Crippen LogP contribution >= 0.6 is 0 Å². The van der Waals surface area contributed by atoms with E-state index < -0.39 is 10.0 Å². The minimum absolute atomic E-state index is 0.140. The van der Waals surface area contributed by atoms with Gasteiger partial charge in [0, 0.05) is 26.2 Å². The van der Waals surface area contributed by atoms with Crippen molar-refractivity contribution >= 4 is 15.9 Å². The van der Waals surface area contributed by atoms with Gasteiger partial charge in [0.2, 0.25) is 10.0 Å². The van der Waals surface area contributed by atoms with Crippen molar-refractivity contribution in [1.29, 1.82) is 0 Å². The lowest BCUT2D eigenvalue weighted by Crippen LogP contribution is -2.28. The third-order valence-corrected chi connectivity index (χ3v) is 5.71. The number of nitrogens with one attached hydrogen (secondary N) is 1. The summed E-state index contributed by atoms with van der Waals surface area (Å²) in [6.07, 6.45) is 4.79. The zero-order valence-electron chi connectivity index (χ0n) is 12.5. The maximum atomic E-state index is 12.1. The SMILES string of the molecule is CN(C)S(=O)(=O)c1cccc(C(=O)NCC2CCCC2)c1. The number of carbonyl (C=O) groups excluding carboxylic acids is 1. The van der Waals surface area contributed by atoms with Crippen LogP contribution in [-0.2, 0) is 10.0 Å². The van der Waals surface area contributed by atoms with Crippen LogP contribution in [0, 0.1) is 5.92 Å². The first-order chi connectivity index (χ1) is 9.91. The summed E-state index contributed by atoms with van der Waals surface area (Å²) in [6.45, 7) is 0.670. The maximum absolute atomic E-state index is 12.1. The molecule has 1 aromatic rings. The van der Waals surface area contributed by atoms with Gasteiger partial charge < -0.3 is 5.32 Å². The number of sulfonamides is 1. The lowest BCUT2D eigenvalue weighted by molar-refractivity contribution is 0.0947. The standard InChI is InChI=1S/C15H22N2O3S/c1-17(2)21(19,20)14-9-5-8-13(10-14)15(18)16-11-12-6-3-4-7-12/h5,8-10,12H,3-4,6-7,11H2,1-2H3,(H,16,18). The molecule has 6 heteroatoms. The van der Waals surface area contributed by atoms with Crippen molar-refractivity contribution in [2.75, 3.05) is 20.6 Å². The van der Waals surface area contributed by atoms with Gasteiger partial charge >= 0.3 is 0 Å². The average molecular weight is 310 g/mol. The first-order valence-electron chi connectivity index (χ1n) is 7.22. The van der Waals surface area contributed by atoms with Crippen molar-refractivity contribution in [3.8, 4) is 0 Å². The van der Waals surface area contributed by atoms with Gasteiger partial charge in [-0.25, -0.2) is 12.7 Å². The van der Waals surface area contributed by atoms with Crippen LogP contribution in [0.2, 0.25) is 0 Å². The quantitative estimate of drug-likeness (QED) is 0.902. The van der Waals surface area contributed by atoms with Gasteiger partial charge in [0.15, 0.2) is 0 Å². The number of amides is 1. The molecular weight excluding hydrogens is 288 g/mol. The fourth-order valence-electron chi connectivity index (χ4n) is 2.56. The summed E-state index contributed by atoms with van der Waals surface area (Å²) >= 11 is 0. The molecule has 0 bridgehead atoms. The smallest absolute Gasteiger partial charge is 0.251 e. The van der Waals surface area contributed by atoms with E-state index in [4.69, 9.17) is 0 Å². The molecule has 1 aliphatic carbocycles. The van der Waals surface area contributed by atoms with E-state index in [1.165, 1.54) is 39.1 Å². The number of nitrogens with zero attached hydrogens (tertiary/aromatic N) is 1. The van der Waals surface area contributed by atoms with Crippen LogP contribution in [0.4, 0.5) is 0 Å². The molecule has 1 N–H and O–H groups in total. The molecule has 0 aliphatic heterocycles. The van der Waals surface area contributed by atoms with Crippen LogP contribution in [0.3, 0.4) is 0 Å². The Kier molecular flexibility index (Phi) is 5.00. The summed E-state index contributed by atoms with van der Waals surface area (Å²) in [4.78, 5) is 12.3. The monoisotopic (exact) mass is 310 g/mol. The average Bonchev–Trinajstić information content (AvgIpc) is 2.98. The van der Waals surface area contributed by atoms with Gasteiger partial charge in [0.25, 0.3) is 5.91 Å². The molecule has 1 amide bonds. The molecule has 0 aromatic heterocycles. The molecule has 1 aliphatic rings. The van der Waals surface area contributed by atoms with E-state index in [0.717, 1.165) is 17.1 Å². The summed E-state index contributed by atoms with van der Waals surface area (Å²) < 4.78 is 25.3. The largest absolute Gasteiger partial charge is 0.352 e. The van der Waals surface area contributed by atoms with E-state index in [1.807, 2.05) is 0 Å². The van der Waals surface area contributed by atoms with Crippen molar-refractivity contribution < 1.29 is 13.2 Å². The second kappa shape index (κ2) is 6.58. The third kappa shape index (κ3) is 3.83. The van der Waals surface area contributed by atoms with Gasteiger partial charge in [0.1, 0.15) is 0 Å². The lowest BCUT2D eigenvalue weighted by Gasteiger charge is -2.13. The summed E-state index contributed by atoms with van der Waals surface area (Å²) in [6, 6.07) is 6.17. The normalized spacial score (nSPS) is 16.3. The van der Waals surface area contributed by atoms with E-state index in [1.54, 1.807) is 12.1 Å². The van der Waals surface area contributed by atoms with Crippen LogP contribution in [-0.4, -0.2) is 39.3 Å². The van der Waals surface area contributed by atoms with Crippen molar-refractivity contribution in [2.45, 2.75) is 30.6 Å². The highest BCUT2D eigenvalue weighted by Gasteiger charge is 2.20. The Morgan fingerprint density at radius 1 is 1.29 bits per heavy atom. The molecule has 21 heavy (non-hydrogen) atoms. The summed E-state index contributed by atoms with van der Waals surface area (Å²) in [5, 5.41) is 2.90. The zero-order valence-corrected chi connectivity index (χ0v) is 13.3. The van der Waals surface area contributed by atoms with Crippen LogP contribution in [0.15, 0.2) is 29.2 Å². The second-order valence-electron chi connectivity index (χ2n) is 5.68. The Hall–Kier alpha value is -1.40. The fourth-order valence-corrected chi connectivity index (χ4v) is 3.51. The molecule has 2 rings (SSSR count). The lowest BCUT2D eigenvalue weighted by atomic mass is 10.1. The molecule has 1 aromatic carbocycles. The Morgan fingerprint density at radius 2 is 1.95 bits per heavy atom. The van der Waals surface area contributed by atoms with Gasteiger partial charge in [-0.2, -0.15) is 0 Å². The van der Waals surface area contributed by atoms with E-state index in [-0.39, 0.29) is 10.8 Å². The van der Waals surface area contributed by atoms with E-state index in [9.17, 15) is 13.2 Å². The highest BCUT2D eigenvalue weighted by Crippen LogP contribution is 2.23. The summed E-state index contributed by atoms with van der Waals surface area (Å²) in [7, 11) is -0.561. The Bertz CT molecular complexity index is 605. The van der Waals surface area contributed by atoms with Gasteiger partial charge in [-0.1, -0.05) is 18.9 Å². The minimum atomic E-state index is -3.51. The first-order valence-corrected chi connectivity index (χ1v) is 8.66. The number of rotatable bonds is 5. The van der Waals surface area contributed by atoms with Gasteiger partial charge in [-0.3, -0.25) is 4.79 Å². The predicted molar refractivity (Wildman–Crippen MR) is 81.6 cm³/mol. The number of hydrogen-bond donors (Lipinski definition) is 1. The van der Waals surface area contributed by atoms with Crippen molar-refractivity contribution in [3.63, 3.8) is 0 Å². The number of carbonyl (C=O) groups is 1. The van der Waals surface area contributed by atoms with Crippen molar-refractivity contribution in [2.24, 2.45) is 5.92 Å². The molecule has 0 atom stereocenters. The molecule has 5 nitrogen and oxygen atoms in total. The molecule has 0 radical (unpaired) electrons. The molecular formula is C15H22N2O3S. The van der Waals surface area contributed by atoms with Crippen LogP contribution in [0.25, 0.3) is 0 Å². The highest BCUT2D eigenvalue weighted by molar-refractivity contribution is 7.89. The highest BCUT2D eigenvalue weighted by atomic mass is 32.2. The molecule has 1 fully saturated rings. The number of hydrogen-bond acceptors (Lipinski definition) is 3. The third-order valence-electron chi connectivity index (χ3n) is 3.90.